The van der Waals surface area contributed by atoms with Crippen molar-refractivity contribution in [3.05, 3.63) is 167 Å². The smallest absolute Gasteiger partial charge is 0.231 e. The highest BCUT2D eigenvalue weighted by molar-refractivity contribution is 7.22. The topological polar surface area (TPSA) is 152 Å². The summed E-state index contributed by atoms with van der Waals surface area (Å²) in [5, 5.41) is 29.0. The van der Waals surface area contributed by atoms with E-state index in [0.717, 1.165) is 20.4 Å². The van der Waals surface area contributed by atoms with Crippen molar-refractivity contribution in [3.63, 3.8) is 0 Å². The second kappa shape index (κ2) is 20.6. The summed E-state index contributed by atoms with van der Waals surface area (Å²) in [6, 6.07) is 45.1. The van der Waals surface area contributed by atoms with Crippen molar-refractivity contribution in [1.82, 2.24) is 9.97 Å². The van der Waals surface area contributed by atoms with E-state index in [4.69, 9.17) is 37.4 Å². The average molecular weight is 886 g/mol. The van der Waals surface area contributed by atoms with E-state index in [1.54, 1.807) is 12.1 Å². The normalized spacial score (nSPS) is 12.2. The van der Waals surface area contributed by atoms with Crippen molar-refractivity contribution in [2.75, 3.05) is 37.3 Å². The number of fused-ring (bicyclic) bond motifs is 2. The highest BCUT2D eigenvalue weighted by Gasteiger charge is 2.14. The molecule has 0 aliphatic heterocycles. The lowest BCUT2D eigenvalue weighted by Crippen LogP contribution is -2.14. The summed E-state index contributed by atoms with van der Waals surface area (Å²) in [4.78, 5) is 9.16. The Kier molecular flexibility index (Phi) is 13.9. The SMILES string of the molecule is Clc1ccccc1N/N=C(\N=Nc1nc2ccccc2s1)c1ccccc1OCCOCCOc1ccccc1/C(N=Nc1nc2ccccc2s1)=N\Nc1ccccc1Cl. The molecule has 0 saturated heterocycles. The maximum absolute atomic E-state index is 6.40. The van der Waals surface area contributed by atoms with Crippen molar-refractivity contribution in [1.29, 1.82) is 0 Å². The number of aromatic nitrogens is 2. The quantitative estimate of drug-likeness (QED) is 0.0322. The van der Waals surface area contributed by atoms with Gasteiger partial charge in [-0.15, -0.1) is 20.5 Å². The summed E-state index contributed by atoms with van der Waals surface area (Å²) in [5.41, 5.74) is 10.1. The van der Waals surface area contributed by atoms with Crippen LogP contribution in [0.25, 0.3) is 20.4 Å². The number of hydrogen-bond acceptors (Lipinski definition) is 13. The molecule has 0 unspecified atom stereocenters. The fraction of sp³-hybridized carbons (Fsp3) is 0.0909. The van der Waals surface area contributed by atoms with Gasteiger partial charge < -0.3 is 14.2 Å². The predicted molar refractivity (Wildman–Crippen MR) is 246 cm³/mol. The Morgan fingerprint density at radius 1 is 0.492 bits per heavy atom. The summed E-state index contributed by atoms with van der Waals surface area (Å²) in [5.74, 6) is 1.62. The molecular weight excluding hydrogens is 852 g/mol. The van der Waals surface area contributed by atoms with Gasteiger partial charge in [0.2, 0.25) is 21.9 Å². The third-order valence-electron chi connectivity index (χ3n) is 8.56. The summed E-state index contributed by atoms with van der Waals surface area (Å²) in [6.45, 7) is 1.04. The van der Waals surface area contributed by atoms with Gasteiger partial charge in [0.25, 0.3) is 0 Å². The van der Waals surface area contributed by atoms with Crippen LogP contribution in [0.3, 0.4) is 0 Å². The van der Waals surface area contributed by atoms with Gasteiger partial charge in [-0.1, -0.05) is 119 Å². The molecule has 6 aromatic carbocycles. The lowest BCUT2D eigenvalue weighted by molar-refractivity contribution is 0.0763. The number of amidine groups is 2. The van der Waals surface area contributed by atoms with E-state index in [1.807, 2.05) is 133 Å². The standard InChI is InChI=1S/C44H34Cl2N10O3S2/c45-31-15-3-5-17-33(31)49-51-41(53-55-43-47-35-19-7-11-23-39(35)60-43)29-13-1-9-21-37(29)58-27-25-57-26-28-59-38-22-10-2-14-30(38)42(52-50-34-18-6-4-16-32(34)46)54-56-44-48-36-20-8-12-24-40(36)61-44/h1-24,49-50H,25-28H2/b51-41-,52-42+,55-53?,56-54?. The van der Waals surface area contributed by atoms with Gasteiger partial charge in [0.15, 0.2) is 0 Å². The van der Waals surface area contributed by atoms with Crippen LogP contribution in [0.4, 0.5) is 21.6 Å². The fourth-order valence-electron chi connectivity index (χ4n) is 5.67. The lowest BCUT2D eigenvalue weighted by atomic mass is 10.2. The molecule has 304 valence electrons. The summed E-state index contributed by atoms with van der Waals surface area (Å²) < 4.78 is 20.3. The van der Waals surface area contributed by atoms with E-state index < -0.39 is 0 Å². The van der Waals surface area contributed by atoms with Crippen molar-refractivity contribution >= 4 is 99.6 Å². The van der Waals surface area contributed by atoms with Crippen molar-refractivity contribution in [2.24, 2.45) is 30.7 Å². The molecule has 0 spiro atoms. The van der Waals surface area contributed by atoms with Crippen LogP contribution in [-0.4, -0.2) is 48.1 Å². The first-order chi connectivity index (χ1) is 30.1. The van der Waals surface area contributed by atoms with Gasteiger partial charge in [-0.3, -0.25) is 10.9 Å². The first-order valence-corrected chi connectivity index (χ1v) is 21.2. The molecule has 13 nitrogen and oxygen atoms in total. The molecule has 0 radical (unpaired) electrons. The van der Waals surface area contributed by atoms with Gasteiger partial charge in [0.1, 0.15) is 24.7 Å². The van der Waals surface area contributed by atoms with Crippen LogP contribution in [-0.2, 0) is 4.74 Å². The van der Waals surface area contributed by atoms with Crippen LogP contribution in [0.5, 0.6) is 11.5 Å². The molecule has 8 rings (SSSR count). The summed E-state index contributed by atoms with van der Waals surface area (Å²) in [7, 11) is 0. The third-order valence-corrected chi connectivity index (χ3v) is 11.1. The van der Waals surface area contributed by atoms with E-state index in [-0.39, 0.29) is 38.1 Å². The van der Waals surface area contributed by atoms with Gasteiger partial charge in [-0.05, 0) is 72.8 Å². The number of hydrogen-bond donors (Lipinski definition) is 2. The van der Waals surface area contributed by atoms with Gasteiger partial charge in [-0.25, -0.2) is 9.97 Å². The number of nitrogens with zero attached hydrogens (tertiary/aromatic N) is 8. The molecule has 0 atom stereocenters. The molecule has 0 saturated carbocycles. The number of ether oxygens (including phenoxy) is 3. The number of anilines is 2. The number of azo groups is 2. The minimum atomic E-state index is 0.241. The van der Waals surface area contributed by atoms with Crippen molar-refractivity contribution in [3.8, 4) is 11.5 Å². The number of rotatable bonds is 16. The number of nitrogens with one attached hydrogen (secondary N) is 2. The van der Waals surface area contributed by atoms with Gasteiger partial charge in [0, 0.05) is 0 Å². The Morgan fingerprint density at radius 2 is 0.902 bits per heavy atom. The summed E-state index contributed by atoms with van der Waals surface area (Å²) >= 11 is 15.7. The zero-order valence-corrected chi connectivity index (χ0v) is 35.2. The number of benzene rings is 6. The molecule has 0 aliphatic rings. The first kappa shape index (κ1) is 41.1. The first-order valence-electron chi connectivity index (χ1n) is 18.8. The number of hydrazone groups is 2. The Balaban J connectivity index is 0.912. The maximum atomic E-state index is 6.40. The van der Waals surface area contributed by atoms with Gasteiger partial charge >= 0.3 is 0 Å². The number of thiazole rings is 2. The van der Waals surface area contributed by atoms with E-state index in [2.05, 4.69) is 51.5 Å². The minimum Gasteiger partial charge on any atom is -0.490 e. The van der Waals surface area contributed by atoms with E-state index in [9.17, 15) is 0 Å². The van der Waals surface area contributed by atoms with Crippen LogP contribution in [0.15, 0.2) is 176 Å². The van der Waals surface area contributed by atoms with E-state index in [1.165, 1.54) is 22.7 Å². The second-order valence-corrected chi connectivity index (χ2v) is 15.5. The Bertz CT molecular complexity index is 2620. The summed E-state index contributed by atoms with van der Waals surface area (Å²) in [6.07, 6.45) is 0. The highest BCUT2D eigenvalue weighted by atomic mass is 35.5. The maximum Gasteiger partial charge on any atom is 0.231 e. The molecule has 2 N–H and O–H groups in total. The lowest BCUT2D eigenvalue weighted by Gasteiger charge is -2.13. The highest BCUT2D eigenvalue weighted by Crippen LogP contribution is 2.31. The van der Waals surface area contributed by atoms with Crippen LogP contribution >= 0.6 is 45.9 Å². The molecular formula is C44H34Cl2N10O3S2. The van der Waals surface area contributed by atoms with Crippen molar-refractivity contribution in [2.45, 2.75) is 0 Å². The van der Waals surface area contributed by atoms with Crippen LogP contribution in [0.2, 0.25) is 10.0 Å². The Labute approximate surface area is 368 Å². The monoisotopic (exact) mass is 884 g/mol. The molecule has 2 aromatic heterocycles. The molecule has 17 heteroatoms. The van der Waals surface area contributed by atoms with E-state index in [0.29, 0.717) is 54.3 Å². The van der Waals surface area contributed by atoms with Gasteiger partial charge in [0.05, 0.1) is 66.2 Å². The molecule has 0 aliphatic carbocycles. The van der Waals surface area contributed by atoms with E-state index >= 15 is 0 Å². The molecule has 0 fully saturated rings. The van der Waals surface area contributed by atoms with Gasteiger partial charge in [-0.2, -0.15) is 10.2 Å². The second-order valence-electron chi connectivity index (χ2n) is 12.7. The third kappa shape index (κ3) is 11.0. The van der Waals surface area contributed by atoms with Crippen LogP contribution in [0, 0.1) is 0 Å². The zero-order chi connectivity index (χ0) is 41.6. The molecule has 8 aromatic rings. The fourth-order valence-corrected chi connectivity index (χ4v) is 7.60. The molecule has 0 amide bonds. The molecule has 2 heterocycles. The molecule has 61 heavy (non-hydrogen) atoms. The zero-order valence-electron chi connectivity index (χ0n) is 32.1. The van der Waals surface area contributed by atoms with Crippen LogP contribution < -0.4 is 20.3 Å². The van der Waals surface area contributed by atoms with Crippen LogP contribution in [0.1, 0.15) is 11.1 Å². The largest absolute Gasteiger partial charge is 0.490 e. The minimum absolute atomic E-state index is 0.241. The predicted octanol–water partition coefficient (Wildman–Crippen LogP) is 12.8. The Morgan fingerprint density at radius 3 is 1.36 bits per heavy atom. The number of para-hydroxylation sites is 6. The van der Waals surface area contributed by atoms with Crippen molar-refractivity contribution < 1.29 is 14.2 Å². The number of halogens is 2. The Hall–Kier alpha value is -6.62. The molecule has 0 bridgehead atoms. The average Bonchev–Trinajstić information content (AvgIpc) is 3.91.